The van der Waals surface area contributed by atoms with Crippen molar-refractivity contribution in [1.29, 1.82) is 0 Å². The lowest BCUT2D eigenvalue weighted by atomic mass is 9.94. The molecular formula is C18H18ClN3O. The van der Waals surface area contributed by atoms with Gasteiger partial charge in [-0.2, -0.15) is 0 Å². The van der Waals surface area contributed by atoms with E-state index in [1.165, 1.54) is 0 Å². The zero-order valence-corrected chi connectivity index (χ0v) is 13.8. The van der Waals surface area contributed by atoms with E-state index in [2.05, 4.69) is 10.3 Å². The number of halogens is 1. The molecule has 0 radical (unpaired) electrons. The Morgan fingerprint density at radius 1 is 1.22 bits per heavy atom. The van der Waals surface area contributed by atoms with Crippen LogP contribution in [0, 0.1) is 0 Å². The van der Waals surface area contributed by atoms with E-state index in [9.17, 15) is 4.79 Å². The zero-order valence-electron chi connectivity index (χ0n) is 13.1. The molecule has 5 heteroatoms. The molecule has 0 unspecified atom stereocenters. The molecule has 3 aromatic rings. The van der Waals surface area contributed by atoms with Gasteiger partial charge in [0.05, 0.1) is 22.9 Å². The molecule has 0 atom stereocenters. The number of aromatic nitrogens is 2. The van der Waals surface area contributed by atoms with Crippen molar-refractivity contribution in [3.8, 4) is 0 Å². The predicted molar refractivity (Wildman–Crippen MR) is 92.4 cm³/mol. The average Bonchev–Trinajstić information content (AvgIpc) is 2.90. The van der Waals surface area contributed by atoms with Gasteiger partial charge in [-0.25, -0.2) is 4.98 Å². The van der Waals surface area contributed by atoms with Gasteiger partial charge in [0.1, 0.15) is 6.54 Å². The minimum absolute atomic E-state index is 0.0712. The Morgan fingerprint density at radius 3 is 2.78 bits per heavy atom. The SMILES string of the molecule is CC(C)(NC(=O)Cn1cnc2ccccc21)c1cccc(Cl)c1. The Bertz CT molecular complexity index is 854. The van der Waals surface area contributed by atoms with Crippen LogP contribution in [-0.4, -0.2) is 15.5 Å². The number of nitrogens with one attached hydrogen (secondary N) is 1. The molecule has 0 saturated carbocycles. The number of carbonyl (C=O) groups excluding carboxylic acids is 1. The lowest BCUT2D eigenvalue weighted by Crippen LogP contribution is -2.42. The fourth-order valence-electron chi connectivity index (χ4n) is 2.63. The monoisotopic (exact) mass is 327 g/mol. The second-order valence-electron chi connectivity index (χ2n) is 6.04. The second-order valence-corrected chi connectivity index (χ2v) is 6.48. The van der Waals surface area contributed by atoms with E-state index in [4.69, 9.17) is 11.6 Å². The Hall–Kier alpha value is -2.33. The quantitative estimate of drug-likeness (QED) is 0.793. The van der Waals surface area contributed by atoms with Gasteiger partial charge < -0.3 is 9.88 Å². The van der Waals surface area contributed by atoms with Gasteiger partial charge in [0, 0.05) is 5.02 Å². The number of rotatable bonds is 4. The van der Waals surface area contributed by atoms with Gasteiger partial charge in [-0.15, -0.1) is 0 Å². The maximum absolute atomic E-state index is 12.4. The molecule has 0 spiro atoms. The van der Waals surface area contributed by atoms with Crippen molar-refractivity contribution in [2.45, 2.75) is 25.9 Å². The van der Waals surface area contributed by atoms with Crippen LogP contribution in [0.4, 0.5) is 0 Å². The third-order valence-electron chi connectivity index (χ3n) is 3.84. The molecule has 0 fully saturated rings. The molecule has 1 N–H and O–H groups in total. The van der Waals surface area contributed by atoms with Gasteiger partial charge in [0.2, 0.25) is 5.91 Å². The van der Waals surface area contributed by atoms with Crippen LogP contribution in [0.1, 0.15) is 19.4 Å². The van der Waals surface area contributed by atoms with Crippen LogP contribution < -0.4 is 5.32 Å². The number of imidazole rings is 1. The molecular weight excluding hydrogens is 310 g/mol. The highest BCUT2D eigenvalue weighted by molar-refractivity contribution is 6.30. The van der Waals surface area contributed by atoms with Crippen molar-refractivity contribution >= 4 is 28.5 Å². The van der Waals surface area contributed by atoms with Gasteiger partial charge >= 0.3 is 0 Å². The largest absolute Gasteiger partial charge is 0.346 e. The predicted octanol–water partition coefficient (Wildman–Crippen LogP) is 3.74. The Balaban J connectivity index is 1.76. The molecule has 2 aromatic carbocycles. The number of benzene rings is 2. The number of fused-ring (bicyclic) bond motifs is 1. The summed E-state index contributed by atoms with van der Waals surface area (Å²) >= 11 is 6.04. The first-order chi connectivity index (χ1) is 11.0. The first-order valence-electron chi connectivity index (χ1n) is 7.43. The maximum atomic E-state index is 12.4. The minimum Gasteiger partial charge on any atom is -0.346 e. The first-order valence-corrected chi connectivity index (χ1v) is 7.80. The van der Waals surface area contributed by atoms with E-state index in [-0.39, 0.29) is 12.5 Å². The van der Waals surface area contributed by atoms with Crippen molar-refractivity contribution in [1.82, 2.24) is 14.9 Å². The third kappa shape index (κ3) is 3.37. The summed E-state index contributed by atoms with van der Waals surface area (Å²) in [5.74, 6) is -0.0712. The molecule has 1 amide bonds. The van der Waals surface area contributed by atoms with Crippen LogP contribution in [0.25, 0.3) is 11.0 Å². The summed E-state index contributed by atoms with van der Waals surface area (Å²) in [6.07, 6.45) is 1.69. The normalized spacial score (nSPS) is 11.6. The van der Waals surface area contributed by atoms with Crippen LogP contribution in [0.2, 0.25) is 5.02 Å². The highest BCUT2D eigenvalue weighted by Crippen LogP contribution is 2.23. The van der Waals surface area contributed by atoms with Crippen LogP contribution in [-0.2, 0) is 16.9 Å². The molecule has 3 rings (SSSR count). The second kappa shape index (κ2) is 6.05. The van der Waals surface area contributed by atoms with Crippen LogP contribution >= 0.6 is 11.6 Å². The number of hydrogen-bond acceptors (Lipinski definition) is 2. The Kier molecular flexibility index (Phi) is 4.09. The summed E-state index contributed by atoms with van der Waals surface area (Å²) in [5, 5.41) is 3.71. The number of carbonyl (C=O) groups is 1. The summed E-state index contributed by atoms with van der Waals surface area (Å²) in [4.78, 5) is 16.7. The summed E-state index contributed by atoms with van der Waals surface area (Å²) in [5.41, 5.74) is 2.30. The highest BCUT2D eigenvalue weighted by Gasteiger charge is 2.23. The van der Waals surface area contributed by atoms with E-state index in [0.29, 0.717) is 5.02 Å². The fourth-order valence-corrected chi connectivity index (χ4v) is 2.82. The van der Waals surface area contributed by atoms with Crippen molar-refractivity contribution in [2.24, 2.45) is 0 Å². The fraction of sp³-hybridized carbons (Fsp3) is 0.222. The molecule has 0 saturated heterocycles. The molecule has 118 valence electrons. The van der Waals surface area contributed by atoms with Gasteiger partial charge in [0.15, 0.2) is 0 Å². The standard InChI is InChI=1S/C18H18ClN3O/c1-18(2,13-6-5-7-14(19)10-13)21-17(23)11-22-12-20-15-8-3-4-9-16(15)22/h3-10,12H,11H2,1-2H3,(H,21,23). The van der Waals surface area contributed by atoms with E-state index in [0.717, 1.165) is 16.6 Å². The van der Waals surface area contributed by atoms with Crippen LogP contribution in [0.3, 0.4) is 0 Å². The maximum Gasteiger partial charge on any atom is 0.240 e. The van der Waals surface area contributed by atoms with Crippen LogP contribution in [0.15, 0.2) is 54.9 Å². The summed E-state index contributed by atoms with van der Waals surface area (Å²) in [6, 6.07) is 15.3. The lowest BCUT2D eigenvalue weighted by molar-refractivity contribution is -0.123. The molecule has 4 nitrogen and oxygen atoms in total. The molecule has 1 aromatic heterocycles. The number of para-hydroxylation sites is 2. The first kappa shape index (κ1) is 15.6. The van der Waals surface area contributed by atoms with Gasteiger partial charge in [-0.05, 0) is 43.7 Å². The molecule has 0 aliphatic rings. The van der Waals surface area contributed by atoms with E-state index >= 15 is 0 Å². The number of hydrogen-bond donors (Lipinski definition) is 1. The van der Waals surface area contributed by atoms with Crippen LogP contribution in [0.5, 0.6) is 0 Å². The van der Waals surface area contributed by atoms with Gasteiger partial charge in [-0.1, -0.05) is 35.9 Å². The molecule has 0 aliphatic heterocycles. The van der Waals surface area contributed by atoms with E-state index < -0.39 is 5.54 Å². The van der Waals surface area contributed by atoms with Crippen molar-refractivity contribution in [3.63, 3.8) is 0 Å². The van der Waals surface area contributed by atoms with Crippen molar-refractivity contribution in [3.05, 3.63) is 65.4 Å². The van der Waals surface area contributed by atoms with Gasteiger partial charge in [-0.3, -0.25) is 4.79 Å². The van der Waals surface area contributed by atoms with E-state index in [1.807, 2.05) is 66.9 Å². The molecule has 0 aliphatic carbocycles. The Labute approximate surface area is 140 Å². The third-order valence-corrected chi connectivity index (χ3v) is 4.07. The molecule has 1 heterocycles. The zero-order chi connectivity index (χ0) is 16.4. The summed E-state index contributed by atoms with van der Waals surface area (Å²) in [7, 11) is 0. The van der Waals surface area contributed by atoms with Gasteiger partial charge in [0.25, 0.3) is 0 Å². The van der Waals surface area contributed by atoms with E-state index in [1.54, 1.807) is 6.33 Å². The minimum atomic E-state index is -0.502. The number of nitrogens with zero attached hydrogens (tertiary/aromatic N) is 2. The lowest BCUT2D eigenvalue weighted by Gasteiger charge is -2.27. The number of amides is 1. The Morgan fingerprint density at radius 2 is 2.00 bits per heavy atom. The van der Waals surface area contributed by atoms with Crippen molar-refractivity contribution < 1.29 is 4.79 Å². The highest BCUT2D eigenvalue weighted by atomic mass is 35.5. The van der Waals surface area contributed by atoms with Crippen molar-refractivity contribution in [2.75, 3.05) is 0 Å². The average molecular weight is 328 g/mol. The summed E-state index contributed by atoms with van der Waals surface area (Å²) < 4.78 is 1.85. The molecule has 0 bridgehead atoms. The topological polar surface area (TPSA) is 46.9 Å². The molecule has 23 heavy (non-hydrogen) atoms. The smallest absolute Gasteiger partial charge is 0.240 e. The summed E-state index contributed by atoms with van der Waals surface area (Å²) in [6.45, 7) is 4.15.